The fraction of sp³-hybridized carbons (Fsp3) is 0.588. The molecule has 2 saturated heterocycles. The van der Waals surface area contributed by atoms with Crippen molar-refractivity contribution in [2.24, 2.45) is 5.41 Å². The van der Waals surface area contributed by atoms with Crippen molar-refractivity contribution in [3.8, 4) is 0 Å². The van der Waals surface area contributed by atoms with E-state index < -0.39 is 0 Å². The predicted octanol–water partition coefficient (Wildman–Crippen LogP) is 3.72. The molecule has 0 unspecified atom stereocenters. The van der Waals surface area contributed by atoms with Crippen molar-refractivity contribution in [1.29, 1.82) is 0 Å². The summed E-state index contributed by atoms with van der Waals surface area (Å²) in [5.41, 5.74) is 1.85. The third-order valence-electron chi connectivity index (χ3n) is 5.24. The maximum absolute atomic E-state index is 11.2. The monoisotopic (exact) mass is 306 g/mol. The molecule has 1 spiro atoms. The second-order valence-electron chi connectivity index (χ2n) is 6.50. The van der Waals surface area contributed by atoms with Crippen LogP contribution in [0.15, 0.2) is 30.3 Å². The Morgan fingerprint density at radius 2 is 1.57 bits per heavy atom. The largest absolute Gasteiger partial charge is 0.329 e. The van der Waals surface area contributed by atoms with E-state index >= 15 is 0 Å². The average Bonchev–Trinajstić information content (AvgIpc) is 2.51. The van der Waals surface area contributed by atoms with E-state index in [4.69, 9.17) is 11.6 Å². The third kappa shape index (κ3) is 3.58. The molecule has 0 aliphatic carbocycles. The maximum Gasteiger partial charge on any atom is 0.316 e. The molecule has 114 valence electrons. The van der Waals surface area contributed by atoms with E-state index in [2.05, 4.69) is 35.2 Å². The van der Waals surface area contributed by atoms with E-state index in [0.717, 1.165) is 32.5 Å². The molecule has 0 N–H and O–H groups in total. The second kappa shape index (κ2) is 6.37. The van der Waals surface area contributed by atoms with Gasteiger partial charge in [-0.2, -0.15) is 0 Å². The van der Waals surface area contributed by atoms with Crippen LogP contribution >= 0.6 is 11.6 Å². The molecule has 0 bridgehead atoms. The Morgan fingerprint density at radius 1 is 1.00 bits per heavy atom. The number of carbonyl (C=O) groups excluding carboxylic acids is 1. The molecule has 0 saturated carbocycles. The van der Waals surface area contributed by atoms with Gasteiger partial charge in [-0.25, -0.2) is 0 Å². The highest BCUT2D eigenvalue weighted by Crippen LogP contribution is 2.41. The summed E-state index contributed by atoms with van der Waals surface area (Å²) < 4.78 is 0. The number of carbonyl (C=O) groups is 1. The Bertz CT molecular complexity index is 473. The minimum atomic E-state index is -0.286. The predicted molar refractivity (Wildman–Crippen MR) is 85.4 cm³/mol. The highest BCUT2D eigenvalue weighted by molar-refractivity contribution is 6.62. The highest BCUT2D eigenvalue weighted by Gasteiger charge is 2.38. The Balaban J connectivity index is 1.50. The van der Waals surface area contributed by atoms with Crippen LogP contribution in [0.25, 0.3) is 0 Å². The summed E-state index contributed by atoms with van der Waals surface area (Å²) >= 11 is 5.58. The summed E-state index contributed by atoms with van der Waals surface area (Å²) in [6, 6.07) is 10.7. The molecule has 2 fully saturated rings. The Kier molecular flexibility index (Phi) is 4.51. The number of halogens is 1. The summed E-state index contributed by atoms with van der Waals surface area (Å²) in [5.74, 6) is 0. The lowest BCUT2D eigenvalue weighted by molar-refractivity contribution is 0.0456. The first-order valence-electron chi connectivity index (χ1n) is 7.88. The number of rotatable bonds is 2. The van der Waals surface area contributed by atoms with Crippen LogP contribution in [0.4, 0.5) is 4.79 Å². The normalized spacial score (nSPS) is 22.4. The van der Waals surface area contributed by atoms with Gasteiger partial charge in [0.15, 0.2) is 0 Å². The highest BCUT2D eigenvalue weighted by atomic mass is 35.5. The quantitative estimate of drug-likeness (QED) is 0.614. The van der Waals surface area contributed by atoms with E-state index in [1.807, 2.05) is 0 Å². The van der Waals surface area contributed by atoms with Gasteiger partial charge in [0.25, 0.3) is 0 Å². The molecule has 2 aliphatic rings. The van der Waals surface area contributed by atoms with Crippen molar-refractivity contribution in [3.63, 3.8) is 0 Å². The molecule has 2 aliphatic heterocycles. The second-order valence-corrected chi connectivity index (χ2v) is 6.83. The fourth-order valence-electron chi connectivity index (χ4n) is 3.68. The molecule has 3 nitrogen and oxygen atoms in total. The first-order valence-corrected chi connectivity index (χ1v) is 8.25. The van der Waals surface area contributed by atoms with Crippen LogP contribution in [-0.2, 0) is 6.54 Å². The van der Waals surface area contributed by atoms with Gasteiger partial charge in [0, 0.05) is 19.6 Å². The molecule has 21 heavy (non-hydrogen) atoms. The number of piperidine rings is 2. The zero-order chi connectivity index (χ0) is 14.7. The van der Waals surface area contributed by atoms with Gasteiger partial charge in [-0.15, -0.1) is 0 Å². The number of likely N-dealkylation sites (tertiary alicyclic amines) is 2. The van der Waals surface area contributed by atoms with E-state index in [1.54, 1.807) is 4.90 Å². The Hall–Kier alpha value is -1.06. The smallest absolute Gasteiger partial charge is 0.316 e. The topological polar surface area (TPSA) is 23.6 Å². The molecule has 1 aromatic rings. The van der Waals surface area contributed by atoms with Crippen LogP contribution in [-0.4, -0.2) is 41.3 Å². The van der Waals surface area contributed by atoms with Crippen LogP contribution in [0.2, 0.25) is 0 Å². The van der Waals surface area contributed by atoms with Crippen molar-refractivity contribution in [2.75, 3.05) is 26.2 Å². The van der Waals surface area contributed by atoms with Gasteiger partial charge in [0.1, 0.15) is 0 Å². The Labute approximate surface area is 131 Å². The summed E-state index contributed by atoms with van der Waals surface area (Å²) in [4.78, 5) is 15.5. The molecule has 4 heteroatoms. The summed E-state index contributed by atoms with van der Waals surface area (Å²) in [6.07, 6.45) is 4.74. The van der Waals surface area contributed by atoms with Crippen LogP contribution in [0.1, 0.15) is 31.2 Å². The van der Waals surface area contributed by atoms with Crippen LogP contribution in [0.3, 0.4) is 0 Å². The van der Waals surface area contributed by atoms with Gasteiger partial charge in [0.2, 0.25) is 0 Å². The standard InChI is InChI=1S/C17H23ClN2O/c18-16(21)20-12-8-17(9-13-20)6-10-19(11-7-17)14-15-4-2-1-3-5-15/h1-5H,6-14H2. The number of nitrogens with zero attached hydrogens (tertiary/aromatic N) is 2. The van der Waals surface area contributed by atoms with Gasteiger partial charge in [-0.3, -0.25) is 9.69 Å². The van der Waals surface area contributed by atoms with Gasteiger partial charge in [-0.05, 0) is 61.4 Å². The first-order chi connectivity index (χ1) is 10.2. The van der Waals surface area contributed by atoms with Gasteiger partial charge >= 0.3 is 5.37 Å². The van der Waals surface area contributed by atoms with E-state index in [0.29, 0.717) is 5.41 Å². The first kappa shape index (κ1) is 14.9. The number of hydrogen-bond donors (Lipinski definition) is 0. The van der Waals surface area contributed by atoms with Crippen LogP contribution in [0.5, 0.6) is 0 Å². The molecule has 1 amide bonds. The lowest BCUT2D eigenvalue weighted by atomic mass is 9.71. The summed E-state index contributed by atoms with van der Waals surface area (Å²) in [5, 5.41) is -0.286. The molecule has 1 aromatic carbocycles. The summed E-state index contributed by atoms with van der Waals surface area (Å²) in [6.45, 7) is 5.07. The maximum atomic E-state index is 11.2. The van der Waals surface area contributed by atoms with Crippen molar-refractivity contribution >= 4 is 17.0 Å². The molecular weight excluding hydrogens is 284 g/mol. The third-order valence-corrected chi connectivity index (χ3v) is 5.48. The van der Waals surface area contributed by atoms with Gasteiger partial charge in [0.05, 0.1) is 0 Å². The zero-order valence-corrected chi connectivity index (χ0v) is 13.2. The lowest BCUT2D eigenvalue weighted by Gasteiger charge is -2.46. The zero-order valence-electron chi connectivity index (χ0n) is 12.4. The van der Waals surface area contributed by atoms with Crippen molar-refractivity contribution in [2.45, 2.75) is 32.2 Å². The van der Waals surface area contributed by atoms with Crippen LogP contribution < -0.4 is 0 Å². The Morgan fingerprint density at radius 3 is 2.14 bits per heavy atom. The van der Waals surface area contributed by atoms with E-state index in [1.165, 1.54) is 31.5 Å². The van der Waals surface area contributed by atoms with Crippen molar-refractivity contribution in [3.05, 3.63) is 35.9 Å². The minimum absolute atomic E-state index is 0.286. The molecule has 3 rings (SSSR count). The van der Waals surface area contributed by atoms with Crippen molar-refractivity contribution < 1.29 is 4.79 Å². The lowest BCUT2D eigenvalue weighted by Crippen LogP contribution is -2.47. The number of hydrogen-bond acceptors (Lipinski definition) is 2. The van der Waals surface area contributed by atoms with Gasteiger partial charge < -0.3 is 4.90 Å². The average molecular weight is 307 g/mol. The fourth-order valence-corrected chi connectivity index (χ4v) is 3.85. The molecule has 0 radical (unpaired) electrons. The molecule has 0 atom stereocenters. The number of benzene rings is 1. The summed E-state index contributed by atoms with van der Waals surface area (Å²) in [7, 11) is 0. The van der Waals surface area contributed by atoms with E-state index in [-0.39, 0.29) is 5.37 Å². The molecule has 0 aromatic heterocycles. The van der Waals surface area contributed by atoms with Crippen LogP contribution in [0, 0.1) is 5.41 Å². The SMILES string of the molecule is O=C(Cl)N1CCC2(CCN(Cc3ccccc3)CC2)CC1. The molecule has 2 heterocycles. The number of amides is 1. The molecular formula is C17H23ClN2O. The van der Waals surface area contributed by atoms with Crippen molar-refractivity contribution in [1.82, 2.24) is 9.80 Å². The minimum Gasteiger partial charge on any atom is -0.329 e. The van der Waals surface area contributed by atoms with E-state index in [9.17, 15) is 4.79 Å². The van der Waals surface area contributed by atoms with Gasteiger partial charge in [-0.1, -0.05) is 30.3 Å².